The molecule has 1 rings (SSSR count). The van der Waals surface area contributed by atoms with Crippen molar-refractivity contribution in [1.29, 1.82) is 0 Å². The van der Waals surface area contributed by atoms with Gasteiger partial charge in [-0.1, -0.05) is 6.92 Å². The molecule has 1 heterocycles. The maximum Gasteiger partial charge on any atom is 0.158 e. The highest BCUT2D eigenvalue weighted by Gasteiger charge is 2.04. The molecule has 0 bridgehead atoms. The molecular formula is C7H13N3O. The molecule has 0 aliphatic carbocycles. The molecule has 4 heteroatoms. The van der Waals surface area contributed by atoms with Crippen molar-refractivity contribution in [2.75, 3.05) is 0 Å². The van der Waals surface area contributed by atoms with E-state index in [0.29, 0.717) is 5.82 Å². The lowest BCUT2D eigenvalue weighted by Gasteiger charge is -2.03. The molecule has 0 spiro atoms. The average Bonchev–Trinajstić information content (AvgIpc) is 2.34. The van der Waals surface area contributed by atoms with Crippen molar-refractivity contribution < 1.29 is 5.11 Å². The molecule has 0 fully saturated rings. The van der Waals surface area contributed by atoms with Crippen LogP contribution in [0.4, 0.5) is 0 Å². The molecule has 0 atom stereocenters. The number of aliphatic hydroxyl groups is 1. The number of aliphatic hydroxyl groups excluding tert-OH is 1. The standard InChI is InChI=1S/C7H13N3O/c1-3-4-10-6(2)8-9-7(10)5-11/h11H,3-5H2,1-2H3. The Balaban J connectivity index is 2.88. The van der Waals surface area contributed by atoms with Crippen LogP contribution in [0.5, 0.6) is 0 Å². The molecule has 0 aromatic carbocycles. The lowest BCUT2D eigenvalue weighted by Crippen LogP contribution is -2.04. The van der Waals surface area contributed by atoms with E-state index >= 15 is 0 Å². The van der Waals surface area contributed by atoms with Gasteiger partial charge in [-0.2, -0.15) is 0 Å². The largest absolute Gasteiger partial charge is 0.388 e. The van der Waals surface area contributed by atoms with E-state index in [0.717, 1.165) is 18.8 Å². The SMILES string of the molecule is CCCn1c(C)nnc1CO. The Morgan fingerprint density at radius 1 is 1.45 bits per heavy atom. The van der Waals surface area contributed by atoms with Crippen LogP contribution in [0.3, 0.4) is 0 Å². The van der Waals surface area contributed by atoms with Gasteiger partial charge in [0.1, 0.15) is 12.4 Å². The number of aromatic nitrogens is 3. The molecule has 0 amide bonds. The van der Waals surface area contributed by atoms with Gasteiger partial charge in [0.2, 0.25) is 0 Å². The summed E-state index contributed by atoms with van der Waals surface area (Å²) < 4.78 is 1.93. The number of nitrogens with zero attached hydrogens (tertiary/aromatic N) is 3. The minimum atomic E-state index is -0.0269. The summed E-state index contributed by atoms with van der Waals surface area (Å²) >= 11 is 0. The third-order valence-corrected chi connectivity index (χ3v) is 1.60. The quantitative estimate of drug-likeness (QED) is 0.691. The van der Waals surface area contributed by atoms with Crippen LogP contribution in [0.25, 0.3) is 0 Å². The van der Waals surface area contributed by atoms with Gasteiger partial charge in [0.25, 0.3) is 0 Å². The fraction of sp³-hybridized carbons (Fsp3) is 0.714. The van der Waals surface area contributed by atoms with E-state index < -0.39 is 0 Å². The van der Waals surface area contributed by atoms with Crippen LogP contribution >= 0.6 is 0 Å². The van der Waals surface area contributed by atoms with Gasteiger partial charge < -0.3 is 9.67 Å². The van der Waals surface area contributed by atoms with E-state index in [1.54, 1.807) is 0 Å². The molecule has 4 nitrogen and oxygen atoms in total. The van der Waals surface area contributed by atoms with Crippen LogP contribution in [-0.2, 0) is 13.2 Å². The Morgan fingerprint density at radius 3 is 2.73 bits per heavy atom. The Morgan fingerprint density at radius 2 is 2.18 bits per heavy atom. The molecule has 0 aliphatic rings. The highest BCUT2D eigenvalue weighted by molar-refractivity contribution is 4.91. The Bertz CT molecular complexity index is 232. The second-order valence-electron chi connectivity index (χ2n) is 2.47. The maximum atomic E-state index is 8.84. The van der Waals surface area contributed by atoms with Crippen molar-refractivity contribution in [3.05, 3.63) is 11.6 Å². The minimum Gasteiger partial charge on any atom is -0.388 e. The molecule has 0 saturated carbocycles. The number of hydrogen-bond donors (Lipinski definition) is 1. The molecule has 1 N–H and O–H groups in total. The topological polar surface area (TPSA) is 50.9 Å². The zero-order valence-electron chi connectivity index (χ0n) is 6.91. The van der Waals surface area contributed by atoms with Gasteiger partial charge in [0, 0.05) is 6.54 Å². The van der Waals surface area contributed by atoms with E-state index in [1.807, 2.05) is 11.5 Å². The summed E-state index contributed by atoms with van der Waals surface area (Å²) in [5, 5.41) is 16.5. The van der Waals surface area contributed by atoms with Crippen molar-refractivity contribution in [3.63, 3.8) is 0 Å². The Kier molecular flexibility index (Phi) is 2.59. The van der Waals surface area contributed by atoms with Crippen molar-refractivity contribution >= 4 is 0 Å². The Hall–Kier alpha value is -0.900. The van der Waals surface area contributed by atoms with Crippen molar-refractivity contribution in [2.24, 2.45) is 0 Å². The van der Waals surface area contributed by atoms with Gasteiger partial charge in [0.15, 0.2) is 5.82 Å². The second-order valence-corrected chi connectivity index (χ2v) is 2.47. The zero-order chi connectivity index (χ0) is 8.27. The second kappa shape index (κ2) is 3.48. The summed E-state index contributed by atoms with van der Waals surface area (Å²) in [7, 11) is 0. The first-order chi connectivity index (χ1) is 5.29. The van der Waals surface area contributed by atoms with Crippen LogP contribution in [-0.4, -0.2) is 19.9 Å². The molecule has 0 aliphatic heterocycles. The predicted octanol–water partition coefficient (Wildman–Crippen LogP) is 0.489. The van der Waals surface area contributed by atoms with Gasteiger partial charge in [0.05, 0.1) is 0 Å². The average molecular weight is 155 g/mol. The van der Waals surface area contributed by atoms with Crippen LogP contribution in [0.2, 0.25) is 0 Å². The number of rotatable bonds is 3. The van der Waals surface area contributed by atoms with Gasteiger partial charge in [-0.3, -0.25) is 0 Å². The van der Waals surface area contributed by atoms with E-state index in [2.05, 4.69) is 17.1 Å². The smallest absolute Gasteiger partial charge is 0.158 e. The summed E-state index contributed by atoms with van der Waals surface area (Å²) in [6, 6.07) is 0. The number of hydrogen-bond acceptors (Lipinski definition) is 3. The van der Waals surface area contributed by atoms with E-state index in [-0.39, 0.29) is 6.61 Å². The van der Waals surface area contributed by atoms with Crippen LogP contribution in [0, 0.1) is 6.92 Å². The first-order valence-corrected chi connectivity index (χ1v) is 3.79. The summed E-state index contributed by atoms with van der Waals surface area (Å²) in [6.45, 7) is 4.83. The fourth-order valence-electron chi connectivity index (χ4n) is 1.06. The highest BCUT2D eigenvalue weighted by Crippen LogP contribution is 2.01. The zero-order valence-corrected chi connectivity index (χ0v) is 6.91. The highest BCUT2D eigenvalue weighted by atomic mass is 16.3. The van der Waals surface area contributed by atoms with Crippen molar-refractivity contribution in [2.45, 2.75) is 33.4 Å². The molecule has 0 saturated heterocycles. The minimum absolute atomic E-state index is 0.0269. The first kappa shape index (κ1) is 8.20. The third kappa shape index (κ3) is 1.57. The van der Waals surface area contributed by atoms with Crippen molar-refractivity contribution in [3.8, 4) is 0 Å². The van der Waals surface area contributed by atoms with Gasteiger partial charge in [-0.05, 0) is 13.3 Å². The van der Waals surface area contributed by atoms with Crippen LogP contribution < -0.4 is 0 Å². The van der Waals surface area contributed by atoms with Crippen LogP contribution in [0.1, 0.15) is 25.0 Å². The summed E-state index contributed by atoms with van der Waals surface area (Å²) in [5.41, 5.74) is 0. The monoisotopic (exact) mass is 155 g/mol. The van der Waals surface area contributed by atoms with Gasteiger partial charge >= 0.3 is 0 Å². The third-order valence-electron chi connectivity index (χ3n) is 1.60. The van der Waals surface area contributed by atoms with Gasteiger partial charge in [-0.25, -0.2) is 0 Å². The van der Waals surface area contributed by atoms with E-state index in [4.69, 9.17) is 5.11 Å². The maximum absolute atomic E-state index is 8.84. The molecule has 0 radical (unpaired) electrons. The summed E-state index contributed by atoms with van der Waals surface area (Å²) in [6.07, 6.45) is 1.03. The lowest BCUT2D eigenvalue weighted by molar-refractivity contribution is 0.264. The molecule has 1 aromatic heterocycles. The number of aryl methyl sites for hydroxylation is 1. The normalized spacial score (nSPS) is 10.5. The predicted molar refractivity (Wildman–Crippen MR) is 41.0 cm³/mol. The Labute approximate surface area is 65.9 Å². The van der Waals surface area contributed by atoms with Gasteiger partial charge in [-0.15, -0.1) is 10.2 Å². The lowest BCUT2D eigenvalue weighted by atomic mass is 10.4. The molecule has 0 unspecified atom stereocenters. The van der Waals surface area contributed by atoms with Crippen LogP contribution in [0.15, 0.2) is 0 Å². The van der Waals surface area contributed by atoms with E-state index in [9.17, 15) is 0 Å². The molecular weight excluding hydrogens is 142 g/mol. The first-order valence-electron chi connectivity index (χ1n) is 3.79. The molecule has 1 aromatic rings. The fourth-order valence-corrected chi connectivity index (χ4v) is 1.06. The summed E-state index contributed by atoms with van der Waals surface area (Å²) in [5.74, 6) is 1.53. The van der Waals surface area contributed by atoms with E-state index in [1.165, 1.54) is 0 Å². The molecule has 62 valence electrons. The summed E-state index contributed by atoms with van der Waals surface area (Å²) in [4.78, 5) is 0. The molecule has 11 heavy (non-hydrogen) atoms. The van der Waals surface area contributed by atoms with Crippen molar-refractivity contribution in [1.82, 2.24) is 14.8 Å².